The van der Waals surface area contributed by atoms with E-state index in [1.165, 1.54) is 17.5 Å². The number of nitrogen functional groups attached to an aromatic ring is 1. The van der Waals surface area contributed by atoms with E-state index in [0.29, 0.717) is 37.4 Å². The van der Waals surface area contributed by atoms with Crippen LogP contribution < -0.4 is 10.6 Å². The topological polar surface area (TPSA) is 83.7 Å². The summed E-state index contributed by atoms with van der Waals surface area (Å²) in [5, 5.41) is 0. The minimum atomic E-state index is -3.12. The summed E-state index contributed by atoms with van der Waals surface area (Å²) in [4.78, 5) is 13.4. The monoisotopic (exact) mass is 297 g/mol. The zero-order valence-corrected chi connectivity index (χ0v) is 12.5. The number of sulfonamides is 1. The minimum Gasteiger partial charge on any atom is -0.398 e. The maximum Gasteiger partial charge on any atom is 0.211 e. The SMILES string of the molecule is CC(=O)c1ccc(N2CCN(S(C)(=O)=O)CC2)cc1N. The highest BCUT2D eigenvalue weighted by Crippen LogP contribution is 2.23. The van der Waals surface area contributed by atoms with Gasteiger partial charge < -0.3 is 10.6 Å². The van der Waals surface area contributed by atoms with Gasteiger partial charge in [0.2, 0.25) is 10.0 Å². The fraction of sp³-hybridized carbons (Fsp3) is 0.462. The van der Waals surface area contributed by atoms with E-state index in [-0.39, 0.29) is 5.78 Å². The molecule has 0 saturated carbocycles. The predicted molar refractivity (Wildman–Crippen MR) is 79.5 cm³/mol. The molecule has 0 amide bonds. The van der Waals surface area contributed by atoms with Gasteiger partial charge in [0, 0.05) is 43.1 Å². The molecule has 2 N–H and O–H groups in total. The van der Waals surface area contributed by atoms with Crippen LogP contribution in [-0.4, -0.2) is 50.9 Å². The smallest absolute Gasteiger partial charge is 0.211 e. The summed E-state index contributed by atoms with van der Waals surface area (Å²) in [6.07, 6.45) is 1.22. The average Bonchev–Trinajstić information content (AvgIpc) is 2.37. The van der Waals surface area contributed by atoms with Crippen LogP contribution in [0.2, 0.25) is 0 Å². The van der Waals surface area contributed by atoms with Gasteiger partial charge in [-0.15, -0.1) is 0 Å². The Hall–Kier alpha value is -1.60. The van der Waals surface area contributed by atoms with E-state index in [2.05, 4.69) is 4.90 Å². The van der Waals surface area contributed by atoms with Crippen LogP contribution in [0.25, 0.3) is 0 Å². The molecule has 0 aliphatic carbocycles. The summed E-state index contributed by atoms with van der Waals surface area (Å²) >= 11 is 0. The van der Waals surface area contributed by atoms with Gasteiger partial charge >= 0.3 is 0 Å². The Kier molecular flexibility index (Phi) is 4.01. The largest absolute Gasteiger partial charge is 0.398 e. The lowest BCUT2D eigenvalue weighted by atomic mass is 10.1. The van der Waals surface area contributed by atoms with Crippen LogP contribution in [0.5, 0.6) is 0 Å². The van der Waals surface area contributed by atoms with E-state index < -0.39 is 10.0 Å². The lowest BCUT2D eigenvalue weighted by Gasteiger charge is -2.34. The molecule has 6 nitrogen and oxygen atoms in total. The van der Waals surface area contributed by atoms with Gasteiger partial charge in [0.05, 0.1) is 6.26 Å². The first kappa shape index (κ1) is 14.8. The van der Waals surface area contributed by atoms with Gasteiger partial charge in [-0.2, -0.15) is 4.31 Å². The van der Waals surface area contributed by atoms with Crippen molar-refractivity contribution in [2.24, 2.45) is 0 Å². The zero-order valence-electron chi connectivity index (χ0n) is 11.7. The number of hydrogen-bond acceptors (Lipinski definition) is 5. The molecular formula is C13H19N3O3S. The lowest BCUT2D eigenvalue weighted by Crippen LogP contribution is -2.48. The van der Waals surface area contributed by atoms with Crippen LogP contribution in [0, 0.1) is 0 Å². The van der Waals surface area contributed by atoms with Crippen LogP contribution in [0.3, 0.4) is 0 Å². The summed E-state index contributed by atoms with van der Waals surface area (Å²) < 4.78 is 24.4. The van der Waals surface area contributed by atoms with E-state index in [1.54, 1.807) is 12.1 Å². The minimum absolute atomic E-state index is 0.0593. The van der Waals surface area contributed by atoms with E-state index >= 15 is 0 Å². The standard InChI is InChI=1S/C13H19N3O3S/c1-10(17)12-4-3-11(9-13(12)14)15-5-7-16(8-6-15)20(2,18)19/h3-4,9H,5-8,14H2,1-2H3. The molecule has 1 aliphatic heterocycles. The predicted octanol–water partition coefficient (Wildman–Crippen LogP) is 0.553. The van der Waals surface area contributed by atoms with Crippen LogP contribution in [0.15, 0.2) is 18.2 Å². The second kappa shape index (κ2) is 5.41. The molecule has 0 bridgehead atoms. The number of rotatable bonds is 3. The van der Waals surface area contributed by atoms with E-state index in [1.807, 2.05) is 6.07 Å². The van der Waals surface area contributed by atoms with Gasteiger partial charge in [-0.25, -0.2) is 8.42 Å². The first-order chi connectivity index (χ1) is 9.29. The van der Waals surface area contributed by atoms with E-state index in [9.17, 15) is 13.2 Å². The van der Waals surface area contributed by atoms with Crippen molar-refractivity contribution in [2.45, 2.75) is 6.92 Å². The van der Waals surface area contributed by atoms with Crippen LogP contribution in [0.4, 0.5) is 11.4 Å². The number of nitrogens with two attached hydrogens (primary N) is 1. The van der Waals surface area contributed by atoms with Crippen molar-refractivity contribution in [1.29, 1.82) is 0 Å². The molecule has 0 aromatic heterocycles. The van der Waals surface area contributed by atoms with Crippen LogP contribution in [0.1, 0.15) is 17.3 Å². The molecule has 0 spiro atoms. The van der Waals surface area contributed by atoms with Gasteiger partial charge in [-0.05, 0) is 25.1 Å². The van der Waals surface area contributed by atoms with Crippen molar-refractivity contribution in [3.8, 4) is 0 Å². The molecule has 1 fully saturated rings. The third-order valence-electron chi connectivity index (χ3n) is 3.49. The first-order valence-corrected chi connectivity index (χ1v) is 8.24. The molecule has 1 aliphatic rings. The van der Waals surface area contributed by atoms with Gasteiger partial charge in [0.1, 0.15) is 0 Å². The Bertz CT molecular complexity index is 620. The number of hydrogen-bond donors (Lipinski definition) is 1. The lowest BCUT2D eigenvalue weighted by molar-refractivity contribution is 0.101. The summed E-state index contributed by atoms with van der Waals surface area (Å²) in [7, 11) is -3.12. The molecule has 0 radical (unpaired) electrons. The third-order valence-corrected chi connectivity index (χ3v) is 4.79. The number of carbonyl (C=O) groups excluding carboxylic acids is 1. The van der Waals surface area contributed by atoms with Gasteiger partial charge in [-0.3, -0.25) is 4.79 Å². The zero-order chi connectivity index (χ0) is 14.9. The first-order valence-electron chi connectivity index (χ1n) is 6.39. The molecule has 0 atom stereocenters. The number of carbonyl (C=O) groups is 1. The average molecular weight is 297 g/mol. The van der Waals surface area contributed by atoms with Crippen LogP contribution in [-0.2, 0) is 10.0 Å². The van der Waals surface area contributed by atoms with Crippen molar-refractivity contribution in [3.63, 3.8) is 0 Å². The summed E-state index contributed by atoms with van der Waals surface area (Å²) in [5.74, 6) is -0.0593. The van der Waals surface area contributed by atoms with Crippen molar-refractivity contribution < 1.29 is 13.2 Å². The van der Waals surface area contributed by atoms with Crippen molar-refractivity contribution in [2.75, 3.05) is 43.1 Å². The van der Waals surface area contributed by atoms with Crippen molar-refractivity contribution >= 4 is 27.2 Å². The Morgan fingerprint density at radius 3 is 2.25 bits per heavy atom. The molecule has 0 unspecified atom stereocenters. The van der Waals surface area contributed by atoms with Crippen LogP contribution >= 0.6 is 0 Å². The number of ketones is 1. The second-order valence-corrected chi connectivity index (χ2v) is 6.96. The molecule has 7 heteroatoms. The van der Waals surface area contributed by atoms with Crippen molar-refractivity contribution in [3.05, 3.63) is 23.8 Å². The number of anilines is 2. The summed E-state index contributed by atoms with van der Waals surface area (Å²) in [6.45, 7) is 3.65. The number of benzene rings is 1. The Morgan fingerprint density at radius 1 is 1.20 bits per heavy atom. The van der Waals surface area contributed by atoms with Crippen molar-refractivity contribution in [1.82, 2.24) is 4.31 Å². The molecule has 110 valence electrons. The fourth-order valence-electron chi connectivity index (χ4n) is 2.35. The molecular weight excluding hydrogens is 278 g/mol. The summed E-state index contributed by atoms with van der Waals surface area (Å²) in [6, 6.07) is 5.34. The number of Topliss-reactive ketones (excluding diaryl/α,β-unsaturated/α-hetero) is 1. The Balaban J connectivity index is 2.11. The normalized spacial score (nSPS) is 17.2. The molecule has 1 aromatic carbocycles. The molecule has 2 rings (SSSR count). The highest BCUT2D eigenvalue weighted by molar-refractivity contribution is 7.88. The fourth-order valence-corrected chi connectivity index (χ4v) is 3.17. The quantitative estimate of drug-likeness (QED) is 0.651. The van der Waals surface area contributed by atoms with E-state index in [0.717, 1.165) is 5.69 Å². The second-order valence-electron chi connectivity index (χ2n) is 4.98. The number of nitrogens with zero attached hydrogens (tertiary/aromatic N) is 2. The third kappa shape index (κ3) is 3.10. The molecule has 1 heterocycles. The maximum atomic E-state index is 11.5. The molecule has 20 heavy (non-hydrogen) atoms. The summed E-state index contributed by atoms with van der Waals surface area (Å²) in [5.41, 5.74) is 7.76. The van der Waals surface area contributed by atoms with Gasteiger partial charge in [-0.1, -0.05) is 0 Å². The Labute approximate surface area is 119 Å². The molecule has 1 saturated heterocycles. The highest BCUT2D eigenvalue weighted by atomic mass is 32.2. The number of piperazine rings is 1. The Morgan fingerprint density at radius 2 is 1.80 bits per heavy atom. The van der Waals surface area contributed by atoms with E-state index in [4.69, 9.17) is 5.73 Å². The van der Waals surface area contributed by atoms with Gasteiger partial charge in [0.25, 0.3) is 0 Å². The van der Waals surface area contributed by atoms with Gasteiger partial charge in [0.15, 0.2) is 5.78 Å². The molecule has 1 aromatic rings. The highest BCUT2D eigenvalue weighted by Gasteiger charge is 2.23. The maximum absolute atomic E-state index is 11.5.